The van der Waals surface area contributed by atoms with Gasteiger partial charge in [0, 0.05) is 0 Å². The summed E-state index contributed by atoms with van der Waals surface area (Å²) in [7, 11) is 2.39. The predicted octanol–water partition coefficient (Wildman–Crippen LogP) is 2.07. The summed E-state index contributed by atoms with van der Waals surface area (Å²) in [5.41, 5.74) is -0.612. The number of nitrogens with one attached hydrogen (secondary N) is 2. The van der Waals surface area contributed by atoms with E-state index in [2.05, 4.69) is 17.6 Å². The number of hydrogen-bond donors (Lipinski definition) is 2. The lowest BCUT2D eigenvalue weighted by Gasteiger charge is -2.33. The van der Waals surface area contributed by atoms with Gasteiger partial charge in [0.05, 0.1) is 19.8 Å². The molecule has 168 valence electrons. The van der Waals surface area contributed by atoms with Gasteiger partial charge >= 0.3 is 18.0 Å². The maximum absolute atomic E-state index is 12.9. The molecule has 0 unspecified atom stereocenters. The summed E-state index contributed by atoms with van der Waals surface area (Å²) in [6.07, 6.45) is 2.71. The third-order valence-corrected chi connectivity index (χ3v) is 7.02. The number of thiophene rings is 1. The number of carbonyl (C=O) groups excluding carboxylic acids is 5. The average Bonchev–Trinajstić information content (AvgIpc) is 3.18. The molecule has 1 aliphatic heterocycles. The zero-order valence-electron chi connectivity index (χ0n) is 17.8. The zero-order valence-corrected chi connectivity index (χ0v) is 18.6. The van der Waals surface area contributed by atoms with Crippen LogP contribution in [0.5, 0.6) is 0 Å². The van der Waals surface area contributed by atoms with Gasteiger partial charge in [0.15, 0.2) is 0 Å². The van der Waals surface area contributed by atoms with Crippen molar-refractivity contribution in [3.8, 4) is 0 Å². The van der Waals surface area contributed by atoms with Crippen LogP contribution in [0.1, 0.15) is 58.2 Å². The van der Waals surface area contributed by atoms with E-state index >= 15 is 0 Å². The molecule has 10 nitrogen and oxygen atoms in total. The number of carbonyl (C=O) groups is 5. The van der Waals surface area contributed by atoms with Crippen molar-refractivity contribution in [3.63, 3.8) is 0 Å². The van der Waals surface area contributed by atoms with Crippen LogP contribution in [0.25, 0.3) is 0 Å². The predicted molar refractivity (Wildman–Crippen MR) is 111 cm³/mol. The van der Waals surface area contributed by atoms with E-state index in [9.17, 15) is 24.0 Å². The molecule has 11 heteroatoms. The smallest absolute Gasteiger partial charge is 0.348 e. The number of urea groups is 1. The highest BCUT2D eigenvalue weighted by atomic mass is 32.1. The van der Waals surface area contributed by atoms with E-state index in [-0.39, 0.29) is 15.4 Å². The molecule has 1 aromatic rings. The highest BCUT2D eigenvalue weighted by Crippen LogP contribution is 2.37. The maximum Gasteiger partial charge on any atom is 0.348 e. The summed E-state index contributed by atoms with van der Waals surface area (Å²) in [5, 5.41) is 5.37. The number of rotatable bonds is 5. The number of methoxy groups -OCH3 is 2. The van der Waals surface area contributed by atoms with E-state index < -0.39 is 41.9 Å². The Morgan fingerprint density at radius 1 is 1.16 bits per heavy atom. The van der Waals surface area contributed by atoms with Crippen molar-refractivity contribution in [1.82, 2.24) is 10.2 Å². The Labute approximate surface area is 183 Å². The Morgan fingerprint density at radius 2 is 1.77 bits per heavy atom. The molecule has 1 saturated carbocycles. The van der Waals surface area contributed by atoms with Crippen LogP contribution in [0.4, 0.5) is 9.80 Å². The molecule has 0 radical (unpaired) electrons. The fourth-order valence-corrected chi connectivity index (χ4v) is 5.09. The molecule has 31 heavy (non-hydrogen) atoms. The number of ether oxygens (including phenoxy) is 2. The first-order chi connectivity index (χ1) is 14.6. The minimum Gasteiger partial charge on any atom is -0.465 e. The topological polar surface area (TPSA) is 131 Å². The maximum atomic E-state index is 12.9. The van der Waals surface area contributed by atoms with Crippen molar-refractivity contribution < 1.29 is 33.4 Å². The molecular weight excluding hydrogens is 426 g/mol. The first-order valence-corrected chi connectivity index (χ1v) is 10.7. The molecule has 1 aromatic heterocycles. The number of anilines is 1. The van der Waals surface area contributed by atoms with Gasteiger partial charge in [0.2, 0.25) is 5.91 Å². The van der Waals surface area contributed by atoms with Crippen molar-refractivity contribution in [3.05, 3.63) is 16.0 Å². The molecule has 1 saturated heterocycles. The van der Waals surface area contributed by atoms with Crippen LogP contribution in [-0.4, -0.2) is 61.0 Å². The summed E-state index contributed by atoms with van der Waals surface area (Å²) in [5.74, 6) is -1.99. The number of esters is 2. The molecule has 2 heterocycles. The van der Waals surface area contributed by atoms with Gasteiger partial charge in [-0.1, -0.05) is 6.92 Å². The minimum absolute atomic E-state index is 0.0242. The lowest BCUT2D eigenvalue weighted by Crippen LogP contribution is -2.49. The quantitative estimate of drug-likeness (QED) is 0.517. The van der Waals surface area contributed by atoms with Gasteiger partial charge in [-0.2, -0.15) is 0 Å². The molecule has 2 fully saturated rings. The van der Waals surface area contributed by atoms with Gasteiger partial charge in [0.1, 0.15) is 22.0 Å². The lowest BCUT2D eigenvalue weighted by molar-refractivity contribution is -0.135. The second kappa shape index (κ2) is 8.66. The van der Waals surface area contributed by atoms with E-state index in [4.69, 9.17) is 9.47 Å². The van der Waals surface area contributed by atoms with Crippen LogP contribution >= 0.6 is 11.3 Å². The molecule has 0 bridgehead atoms. The first kappa shape index (κ1) is 22.7. The van der Waals surface area contributed by atoms with Gasteiger partial charge in [0.25, 0.3) is 5.91 Å². The molecule has 0 aromatic carbocycles. The molecule has 0 atom stereocenters. The van der Waals surface area contributed by atoms with E-state index in [1.54, 1.807) is 0 Å². The van der Waals surface area contributed by atoms with Crippen LogP contribution < -0.4 is 10.6 Å². The Kier molecular flexibility index (Phi) is 6.35. The molecular formula is C20H25N3O7S. The van der Waals surface area contributed by atoms with Crippen LogP contribution in [0.2, 0.25) is 0 Å². The van der Waals surface area contributed by atoms with Crippen molar-refractivity contribution in [2.75, 3.05) is 26.1 Å². The standard InChI is InChI=1S/C20H25N3O7S/c1-10-5-7-20(8-6-10)18(27)23(19(28)22-20)9-12(24)21-15-13(16(25)29-3)11(2)14(31-15)17(26)30-4/h10H,5-9H2,1-4H3,(H,21,24)(H,22,28). The van der Waals surface area contributed by atoms with Crippen LogP contribution in [0.3, 0.4) is 0 Å². The summed E-state index contributed by atoms with van der Waals surface area (Å²) in [6.45, 7) is 3.13. The number of nitrogens with zero attached hydrogens (tertiary/aromatic N) is 1. The Hall–Kier alpha value is -2.95. The summed E-state index contributed by atoms with van der Waals surface area (Å²) in [6, 6.07) is -0.611. The zero-order chi connectivity index (χ0) is 22.9. The largest absolute Gasteiger partial charge is 0.465 e. The van der Waals surface area contributed by atoms with Crippen molar-refractivity contribution in [2.45, 2.75) is 45.1 Å². The van der Waals surface area contributed by atoms with Crippen molar-refractivity contribution in [2.24, 2.45) is 5.92 Å². The highest BCUT2D eigenvalue weighted by Gasteiger charge is 2.52. The second-order valence-electron chi connectivity index (χ2n) is 7.88. The van der Waals surface area contributed by atoms with Crippen LogP contribution in [0.15, 0.2) is 0 Å². The average molecular weight is 452 g/mol. The fraction of sp³-hybridized carbons (Fsp3) is 0.550. The lowest BCUT2D eigenvalue weighted by atomic mass is 9.77. The fourth-order valence-electron chi connectivity index (χ4n) is 3.96. The molecule has 1 aliphatic carbocycles. The van der Waals surface area contributed by atoms with Crippen molar-refractivity contribution >= 4 is 46.1 Å². The monoisotopic (exact) mass is 451 g/mol. The Morgan fingerprint density at radius 3 is 2.35 bits per heavy atom. The second-order valence-corrected chi connectivity index (χ2v) is 8.90. The van der Waals surface area contributed by atoms with Gasteiger partial charge in [-0.15, -0.1) is 11.3 Å². The third-order valence-electron chi connectivity index (χ3n) is 5.84. The van der Waals surface area contributed by atoms with Crippen LogP contribution in [0, 0.1) is 12.8 Å². The molecule has 1 spiro atoms. The molecule has 3 rings (SSSR count). The van der Waals surface area contributed by atoms with E-state index in [0.717, 1.165) is 29.1 Å². The molecule has 4 amide bonds. The van der Waals surface area contributed by atoms with Crippen molar-refractivity contribution in [1.29, 1.82) is 0 Å². The van der Waals surface area contributed by atoms with Gasteiger partial charge in [-0.25, -0.2) is 14.4 Å². The van der Waals surface area contributed by atoms with Gasteiger partial charge < -0.3 is 20.1 Å². The van der Waals surface area contributed by atoms with Crippen LogP contribution in [-0.2, 0) is 19.1 Å². The van der Waals surface area contributed by atoms with E-state index in [1.807, 2.05) is 0 Å². The summed E-state index contributed by atoms with van der Waals surface area (Å²) < 4.78 is 9.46. The number of amides is 4. The first-order valence-electron chi connectivity index (χ1n) is 9.87. The van der Waals surface area contributed by atoms with E-state index in [0.29, 0.717) is 24.3 Å². The third kappa shape index (κ3) is 4.14. The van der Waals surface area contributed by atoms with E-state index in [1.165, 1.54) is 21.1 Å². The Bertz CT molecular complexity index is 947. The van der Waals surface area contributed by atoms with Gasteiger partial charge in [-0.3, -0.25) is 14.5 Å². The number of hydrogen-bond acceptors (Lipinski definition) is 8. The normalized spacial score (nSPS) is 23.0. The molecule has 2 aliphatic rings. The Balaban J connectivity index is 1.78. The number of imide groups is 1. The molecule has 2 N–H and O–H groups in total. The highest BCUT2D eigenvalue weighted by molar-refractivity contribution is 7.18. The SMILES string of the molecule is COC(=O)c1sc(NC(=O)CN2C(=O)NC3(CCC(C)CC3)C2=O)c(C(=O)OC)c1C. The minimum atomic E-state index is -0.946. The summed E-state index contributed by atoms with van der Waals surface area (Å²) in [4.78, 5) is 63.2. The summed E-state index contributed by atoms with van der Waals surface area (Å²) >= 11 is 0.861. The van der Waals surface area contributed by atoms with Gasteiger partial charge in [-0.05, 0) is 44.1 Å².